The summed E-state index contributed by atoms with van der Waals surface area (Å²) >= 11 is 2.89. The highest BCUT2D eigenvalue weighted by molar-refractivity contribution is 7.99. The first-order chi connectivity index (χ1) is 13.0. The quantitative estimate of drug-likeness (QED) is 0.466. The Hall–Kier alpha value is -2.65. The van der Waals surface area contributed by atoms with Gasteiger partial charge in [0.05, 0.1) is 29.0 Å². The first-order valence-corrected chi connectivity index (χ1v) is 9.89. The summed E-state index contributed by atoms with van der Waals surface area (Å²) in [4.78, 5) is 27.0. The predicted molar refractivity (Wildman–Crippen MR) is 106 cm³/mol. The molecule has 0 bridgehead atoms. The molecule has 0 N–H and O–H groups in total. The number of hydrogen-bond donors (Lipinski definition) is 0. The molecule has 0 aliphatic heterocycles. The number of ether oxygens (including phenoxy) is 1. The van der Waals surface area contributed by atoms with E-state index in [0.717, 1.165) is 10.7 Å². The number of rotatable bonds is 6. The minimum atomic E-state index is -0.480. The summed E-state index contributed by atoms with van der Waals surface area (Å²) in [7, 11) is 4.83. The number of carbonyl (C=O) groups is 2. The van der Waals surface area contributed by atoms with Crippen molar-refractivity contribution < 1.29 is 14.3 Å². The highest BCUT2D eigenvalue weighted by Crippen LogP contribution is 2.27. The molecule has 1 aromatic carbocycles. The molecule has 0 saturated heterocycles. The molecule has 140 valence electrons. The van der Waals surface area contributed by atoms with Crippen molar-refractivity contribution in [3.63, 3.8) is 0 Å². The van der Waals surface area contributed by atoms with Crippen LogP contribution in [0.4, 0.5) is 5.69 Å². The van der Waals surface area contributed by atoms with Crippen LogP contribution in [0.1, 0.15) is 10.4 Å². The Labute approximate surface area is 165 Å². The summed E-state index contributed by atoms with van der Waals surface area (Å²) < 4.78 is 6.65. The molecule has 0 atom stereocenters. The summed E-state index contributed by atoms with van der Waals surface area (Å²) in [5.41, 5.74) is 0.853. The van der Waals surface area contributed by atoms with Crippen molar-refractivity contribution in [2.75, 3.05) is 24.8 Å². The molecule has 2 heterocycles. The highest BCUT2D eigenvalue weighted by Gasteiger charge is 2.20. The van der Waals surface area contributed by atoms with Gasteiger partial charge in [-0.1, -0.05) is 30.0 Å². The Morgan fingerprint density at radius 3 is 2.70 bits per heavy atom. The average Bonchev–Trinajstić information content (AvgIpc) is 3.34. The molecule has 0 saturated carbocycles. The van der Waals surface area contributed by atoms with Gasteiger partial charge in [0.25, 0.3) is 0 Å². The number of carbonyl (C=O) groups excluding carboxylic acids is 2. The van der Waals surface area contributed by atoms with E-state index in [-0.39, 0.29) is 11.7 Å². The lowest BCUT2D eigenvalue weighted by Crippen LogP contribution is -2.29. The van der Waals surface area contributed by atoms with Gasteiger partial charge in [-0.25, -0.2) is 4.79 Å². The SMILES string of the molecule is COC(=O)c1ccccc1N(C)C(=O)CSc1nnc(-c2cccs2)n1C. The normalized spacial score (nSPS) is 10.6. The molecule has 0 radical (unpaired) electrons. The topological polar surface area (TPSA) is 77.3 Å². The van der Waals surface area contributed by atoms with E-state index in [0.29, 0.717) is 16.4 Å². The molecule has 27 heavy (non-hydrogen) atoms. The van der Waals surface area contributed by atoms with E-state index in [1.165, 1.54) is 23.8 Å². The first-order valence-electron chi connectivity index (χ1n) is 8.03. The number of esters is 1. The number of thioether (sulfide) groups is 1. The first kappa shape index (κ1) is 19.1. The molecule has 2 aromatic heterocycles. The molecule has 0 spiro atoms. The maximum atomic E-state index is 12.6. The summed E-state index contributed by atoms with van der Waals surface area (Å²) in [5, 5.41) is 11.0. The van der Waals surface area contributed by atoms with E-state index in [1.807, 2.05) is 29.1 Å². The molecular formula is C18H18N4O3S2. The zero-order valence-corrected chi connectivity index (χ0v) is 16.7. The fourth-order valence-electron chi connectivity index (χ4n) is 2.47. The Kier molecular flexibility index (Phi) is 5.92. The maximum absolute atomic E-state index is 12.6. The van der Waals surface area contributed by atoms with Crippen molar-refractivity contribution >= 4 is 40.7 Å². The van der Waals surface area contributed by atoms with Crippen LogP contribution >= 0.6 is 23.1 Å². The van der Waals surface area contributed by atoms with Crippen molar-refractivity contribution in [3.8, 4) is 10.7 Å². The van der Waals surface area contributed by atoms with E-state index >= 15 is 0 Å². The molecule has 1 amide bonds. The van der Waals surface area contributed by atoms with E-state index < -0.39 is 5.97 Å². The number of benzene rings is 1. The van der Waals surface area contributed by atoms with Gasteiger partial charge in [0, 0.05) is 14.1 Å². The Balaban J connectivity index is 1.71. The van der Waals surface area contributed by atoms with Gasteiger partial charge in [0.15, 0.2) is 11.0 Å². The predicted octanol–water partition coefficient (Wildman–Crippen LogP) is 3.09. The molecule has 0 fully saturated rings. The van der Waals surface area contributed by atoms with Crippen LogP contribution in [0.3, 0.4) is 0 Å². The molecule has 0 aliphatic rings. The minimum absolute atomic E-state index is 0.156. The lowest BCUT2D eigenvalue weighted by molar-refractivity contribution is -0.115. The number of thiophene rings is 1. The summed E-state index contributed by atoms with van der Waals surface area (Å²) in [5.74, 6) is 0.302. The van der Waals surface area contributed by atoms with Crippen LogP contribution in [-0.4, -0.2) is 46.6 Å². The lowest BCUT2D eigenvalue weighted by atomic mass is 10.1. The molecule has 7 nitrogen and oxygen atoms in total. The second-order valence-corrected chi connectivity index (χ2v) is 7.48. The Morgan fingerprint density at radius 2 is 2.00 bits per heavy atom. The van der Waals surface area contributed by atoms with Gasteiger partial charge in [0.1, 0.15) is 0 Å². The van der Waals surface area contributed by atoms with Gasteiger partial charge in [-0.3, -0.25) is 4.79 Å². The van der Waals surface area contributed by atoms with Crippen LogP contribution in [0.5, 0.6) is 0 Å². The number of nitrogens with zero attached hydrogens (tertiary/aromatic N) is 4. The van der Waals surface area contributed by atoms with E-state index in [1.54, 1.807) is 42.6 Å². The van der Waals surface area contributed by atoms with Crippen molar-refractivity contribution in [2.45, 2.75) is 5.16 Å². The van der Waals surface area contributed by atoms with Crippen molar-refractivity contribution in [1.29, 1.82) is 0 Å². The molecular weight excluding hydrogens is 384 g/mol. The van der Waals surface area contributed by atoms with Crippen LogP contribution in [0.15, 0.2) is 46.9 Å². The Bertz CT molecular complexity index is 953. The van der Waals surface area contributed by atoms with Gasteiger partial charge in [-0.05, 0) is 23.6 Å². The van der Waals surface area contributed by atoms with Gasteiger partial charge in [-0.15, -0.1) is 21.5 Å². The third-order valence-corrected chi connectivity index (χ3v) is 5.82. The van der Waals surface area contributed by atoms with Gasteiger partial charge in [-0.2, -0.15) is 0 Å². The van der Waals surface area contributed by atoms with Crippen molar-refractivity contribution in [3.05, 3.63) is 47.3 Å². The van der Waals surface area contributed by atoms with Crippen LogP contribution < -0.4 is 4.90 Å². The molecule has 9 heteroatoms. The molecule has 3 rings (SSSR count). The number of anilines is 1. The zero-order valence-electron chi connectivity index (χ0n) is 15.1. The smallest absolute Gasteiger partial charge is 0.339 e. The van der Waals surface area contributed by atoms with Crippen molar-refractivity contribution in [1.82, 2.24) is 14.8 Å². The number of methoxy groups -OCH3 is 1. The molecule has 0 unspecified atom stereocenters. The van der Waals surface area contributed by atoms with Crippen LogP contribution in [0.2, 0.25) is 0 Å². The van der Waals surface area contributed by atoms with Gasteiger partial charge in [0.2, 0.25) is 5.91 Å². The standard InChI is InChI=1S/C18H18N4O3S2/c1-21(13-8-5-4-7-12(13)17(24)25-3)15(23)11-27-18-20-19-16(22(18)2)14-9-6-10-26-14/h4-10H,11H2,1-3H3. The van der Waals surface area contributed by atoms with E-state index in [9.17, 15) is 9.59 Å². The second-order valence-electron chi connectivity index (χ2n) is 5.59. The number of para-hydroxylation sites is 1. The fraction of sp³-hybridized carbons (Fsp3) is 0.222. The van der Waals surface area contributed by atoms with E-state index in [4.69, 9.17) is 4.74 Å². The second kappa shape index (κ2) is 8.36. The average molecular weight is 403 g/mol. The third kappa shape index (κ3) is 4.04. The summed E-state index contributed by atoms with van der Waals surface area (Å²) in [6, 6.07) is 10.8. The largest absolute Gasteiger partial charge is 0.465 e. The van der Waals surface area contributed by atoms with Crippen LogP contribution in [0, 0.1) is 0 Å². The zero-order chi connectivity index (χ0) is 19.4. The van der Waals surface area contributed by atoms with Gasteiger partial charge < -0.3 is 14.2 Å². The summed E-state index contributed by atoms with van der Waals surface area (Å²) in [6.45, 7) is 0. The van der Waals surface area contributed by atoms with Gasteiger partial charge >= 0.3 is 5.97 Å². The fourth-order valence-corrected chi connectivity index (χ4v) is 4.04. The highest BCUT2D eigenvalue weighted by atomic mass is 32.2. The monoisotopic (exact) mass is 402 g/mol. The van der Waals surface area contributed by atoms with E-state index in [2.05, 4.69) is 10.2 Å². The minimum Gasteiger partial charge on any atom is -0.465 e. The Morgan fingerprint density at radius 1 is 1.22 bits per heavy atom. The van der Waals surface area contributed by atoms with Crippen molar-refractivity contribution in [2.24, 2.45) is 7.05 Å². The maximum Gasteiger partial charge on any atom is 0.339 e. The molecule has 3 aromatic rings. The number of aromatic nitrogens is 3. The van der Waals surface area contributed by atoms with Crippen LogP contribution in [-0.2, 0) is 16.6 Å². The third-order valence-electron chi connectivity index (χ3n) is 3.95. The lowest BCUT2D eigenvalue weighted by Gasteiger charge is -2.19. The number of hydrogen-bond acceptors (Lipinski definition) is 7. The van der Waals surface area contributed by atoms with Crippen LogP contribution in [0.25, 0.3) is 10.7 Å². The number of amides is 1. The molecule has 0 aliphatic carbocycles. The summed E-state index contributed by atoms with van der Waals surface area (Å²) in [6.07, 6.45) is 0.